The molecule has 25 heavy (non-hydrogen) atoms. The van der Waals surface area contributed by atoms with Crippen molar-refractivity contribution in [3.8, 4) is 11.5 Å². The Labute approximate surface area is 149 Å². The number of hydrogen-bond acceptors (Lipinski definition) is 4. The third-order valence-corrected chi connectivity index (χ3v) is 4.46. The van der Waals surface area contributed by atoms with Crippen LogP contribution in [0.1, 0.15) is 5.56 Å². The lowest BCUT2D eigenvalue weighted by atomic mass is 10.1. The molecule has 0 spiro atoms. The van der Waals surface area contributed by atoms with Crippen LogP contribution in [0.3, 0.4) is 0 Å². The molecule has 2 aromatic rings. The molecule has 0 saturated carbocycles. The molecule has 2 aliphatic rings. The third-order valence-electron chi connectivity index (χ3n) is 4.15. The van der Waals surface area contributed by atoms with Crippen LogP contribution in [0.25, 0.3) is 0 Å². The fourth-order valence-corrected chi connectivity index (χ4v) is 3.21. The van der Waals surface area contributed by atoms with Crippen molar-refractivity contribution in [2.45, 2.75) is 12.5 Å². The van der Waals surface area contributed by atoms with Crippen LogP contribution in [0.15, 0.2) is 42.5 Å². The van der Waals surface area contributed by atoms with Gasteiger partial charge >= 0.3 is 6.03 Å². The Morgan fingerprint density at radius 3 is 2.48 bits per heavy atom. The predicted molar refractivity (Wildman–Crippen MR) is 92.4 cm³/mol. The van der Waals surface area contributed by atoms with E-state index in [4.69, 9.17) is 21.1 Å². The maximum atomic E-state index is 12.8. The van der Waals surface area contributed by atoms with E-state index in [1.807, 2.05) is 30.3 Å². The highest BCUT2D eigenvalue weighted by atomic mass is 35.5. The number of ether oxygens (including phenoxy) is 2. The van der Waals surface area contributed by atoms with Crippen LogP contribution in [-0.4, -0.2) is 31.2 Å². The molecule has 1 saturated heterocycles. The van der Waals surface area contributed by atoms with Gasteiger partial charge < -0.3 is 14.8 Å². The highest BCUT2D eigenvalue weighted by molar-refractivity contribution is 6.36. The number of nitrogens with one attached hydrogen (secondary N) is 1. The van der Waals surface area contributed by atoms with Gasteiger partial charge in [-0.1, -0.05) is 41.9 Å². The third kappa shape index (κ3) is 2.89. The summed E-state index contributed by atoms with van der Waals surface area (Å²) in [7, 11) is 0. The molecule has 0 bridgehead atoms. The van der Waals surface area contributed by atoms with Crippen LogP contribution in [0.4, 0.5) is 10.5 Å². The summed E-state index contributed by atoms with van der Waals surface area (Å²) in [6.45, 7) is 0.843. The number of amides is 3. The standard InChI is InChI=1S/C18H15ClN2O4/c19-12-9-15-16(25-7-6-24-15)10-14(12)21-17(22)13(20-18(21)23)8-11-4-2-1-3-5-11/h1-5,9-10,13H,6-8H2,(H,20,23). The molecule has 1 atom stereocenters. The molecule has 6 nitrogen and oxygen atoms in total. The second-order valence-corrected chi connectivity index (χ2v) is 6.22. The molecule has 2 aliphatic heterocycles. The summed E-state index contributed by atoms with van der Waals surface area (Å²) in [6, 6.07) is 11.5. The molecule has 7 heteroatoms. The zero-order valence-corrected chi connectivity index (χ0v) is 14.0. The number of carbonyl (C=O) groups is 2. The lowest BCUT2D eigenvalue weighted by Crippen LogP contribution is -2.32. The van der Waals surface area contributed by atoms with E-state index in [-0.39, 0.29) is 10.9 Å². The Morgan fingerprint density at radius 2 is 1.76 bits per heavy atom. The molecule has 0 radical (unpaired) electrons. The van der Waals surface area contributed by atoms with Gasteiger partial charge in [-0.2, -0.15) is 0 Å². The van der Waals surface area contributed by atoms with Crippen molar-refractivity contribution in [2.75, 3.05) is 18.1 Å². The first kappa shape index (κ1) is 15.8. The minimum absolute atomic E-state index is 0.258. The first-order valence-electron chi connectivity index (χ1n) is 7.91. The van der Waals surface area contributed by atoms with Gasteiger partial charge in [-0.3, -0.25) is 4.79 Å². The number of urea groups is 1. The van der Waals surface area contributed by atoms with Crippen molar-refractivity contribution in [1.82, 2.24) is 5.32 Å². The Hall–Kier alpha value is -2.73. The van der Waals surface area contributed by atoms with Crippen LogP contribution in [-0.2, 0) is 11.2 Å². The summed E-state index contributed by atoms with van der Waals surface area (Å²) >= 11 is 6.27. The van der Waals surface area contributed by atoms with Crippen LogP contribution >= 0.6 is 11.6 Å². The fraction of sp³-hybridized carbons (Fsp3) is 0.222. The van der Waals surface area contributed by atoms with Gasteiger partial charge in [0.2, 0.25) is 0 Å². The number of nitrogens with zero attached hydrogens (tertiary/aromatic N) is 1. The lowest BCUT2D eigenvalue weighted by Gasteiger charge is -2.22. The normalized spacial score (nSPS) is 19.1. The van der Waals surface area contributed by atoms with Gasteiger partial charge in [-0.05, 0) is 5.56 Å². The van der Waals surface area contributed by atoms with Crippen LogP contribution in [0.2, 0.25) is 5.02 Å². The lowest BCUT2D eigenvalue weighted by molar-refractivity contribution is -0.118. The Kier molecular flexibility index (Phi) is 3.97. The van der Waals surface area contributed by atoms with E-state index in [9.17, 15) is 9.59 Å². The molecule has 1 N–H and O–H groups in total. The SMILES string of the molecule is O=C1NC(Cc2ccccc2)C(=O)N1c1cc2c(cc1Cl)OCCO2. The molecule has 1 unspecified atom stereocenters. The van der Waals surface area contributed by atoms with Gasteiger partial charge in [0.15, 0.2) is 11.5 Å². The Bertz CT molecular complexity index is 840. The molecule has 4 rings (SSSR count). The highest BCUT2D eigenvalue weighted by Gasteiger charge is 2.40. The van der Waals surface area contributed by atoms with E-state index < -0.39 is 12.1 Å². The van der Waals surface area contributed by atoms with Crippen molar-refractivity contribution in [2.24, 2.45) is 0 Å². The zero-order valence-electron chi connectivity index (χ0n) is 13.2. The van der Waals surface area contributed by atoms with Gasteiger partial charge in [0.1, 0.15) is 19.3 Å². The molecule has 0 aliphatic carbocycles. The van der Waals surface area contributed by atoms with Gasteiger partial charge in [0, 0.05) is 18.6 Å². The first-order valence-corrected chi connectivity index (χ1v) is 8.29. The minimum atomic E-state index is -0.626. The van der Waals surface area contributed by atoms with E-state index in [0.717, 1.165) is 10.5 Å². The number of hydrogen-bond donors (Lipinski definition) is 1. The molecular formula is C18H15ClN2O4. The second-order valence-electron chi connectivity index (χ2n) is 5.81. The maximum Gasteiger partial charge on any atom is 0.329 e. The number of halogens is 1. The second kappa shape index (κ2) is 6.29. The molecule has 1 fully saturated rings. The summed E-state index contributed by atoms with van der Waals surface area (Å²) < 4.78 is 11.0. The van der Waals surface area contributed by atoms with E-state index in [2.05, 4.69) is 5.32 Å². The smallest absolute Gasteiger partial charge is 0.329 e. The zero-order chi connectivity index (χ0) is 17.4. The van der Waals surface area contributed by atoms with Gasteiger partial charge in [0.05, 0.1) is 10.7 Å². The summed E-state index contributed by atoms with van der Waals surface area (Å²) in [6.07, 6.45) is 0.421. The van der Waals surface area contributed by atoms with Crippen molar-refractivity contribution in [1.29, 1.82) is 0 Å². The quantitative estimate of drug-likeness (QED) is 0.857. The van der Waals surface area contributed by atoms with E-state index >= 15 is 0 Å². The summed E-state index contributed by atoms with van der Waals surface area (Å²) in [5, 5.41) is 2.97. The van der Waals surface area contributed by atoms with Crippen molar-refractivity contribution in [3.63, 3.8) is 0 Å². The monoisotopic (exact) mass is 358 g/mol. The van der Waals surface area contributed by atoms with E-state index in [1.54, 1.807) is 12.1 Å². The maximum absolute atomic E-state index is 12.8. The van der Waals surface area contributed by atoms with E-state index in [0.29, 0.717) is 36.8 Å². The molecule has 2 heterocycles. The number of benzene rings is 2. The molecule has 3 amide bonds. The first-order chi connectivity index (χ1) is 12.1. The van der Waals surface area contributed by atoms with Crippen molar-refractivity contribution < 1.29 is 19.1 Å². The molecular weight excluding hydrogens is 344 g/mol. The van der Waals surface area contributed by atoms with Crippen molar-refractivity contribution >= 4 is 29.2 Å². The topological polar surface area (TPSA) is 67.9 Å². The summed E-state index contributed by atoms with van der Waals surface area (Å²) in [4.78, 5) is 26.2. The summed E-state index contributed by atoms with van der Waals surface area (Å²) in [5.41, 5.74) is 1.26. The minimum Gasteiger partial charge on any atom is -0.486 e. The average molecular weight is 359 g/mol. The van der Waals surface area contributed by atoms with Gasteiger partial charge in [0.25, 0.3) is 5.91 Å². The van der Waals surface area contributed by atoms with Crippen LogP contribution < -0.4 is 19.7 Å². The Balaban J connectivity index is 1.62. The fourth-order valence-electron chi connectivity index (χ4n) is 2.97. The molecule has 128 valence electrons. The van der Waals surface area contributed by atoms with E-state index in [1.165, 1.54) is 0 Å². The number of imide groups is 1. The Morgan fingerprint density at radius 1 is 1.08 bits per heavy atom. The van der Waals surface area contributed by atoms with Gasteiger partial charge in [-0.15, -0.1) is 0 Å². The largest absolute Gasteiger partial charge is 0.486 e. The number of rotatable bonds is 3. The predicted octanol–water partition coefficient (Wildman–Crippen LogP) is 2.78. The van der Waals surface area contributed by atoms with Crippen LogP contribution in [0.5, 0.6) is 11.5 Å². The highest BCUT2D eigenvalue weighted by Crippen LogP contribution is 2.40. The number of anilines is 1. The molecule has 2 aromatic carbocycles. The van der Waals surface area contributed by atoms with Gasteiger partial charge in [-0.25, -0.2) is 9.69 Å². The number of carbonyl (C=O) groups excluding carboxylic acids is 2. The van der Waals surface area contributed by atoms with Crippen molar-refractivity contribution in [3.05, 3.63) is 53.1 Å². The molecule has 0 aromatic heterocycles. The average Bonchev–Trinajstić information content (AvgIpc) is 2.89. The summed E-state index contributed by atoms with van der Waals surface area (Å²) in [5.74, 6) is 0.637. The van der Waals surface area contributed by atoms with Crippen LogP contribution in [0, 0.1) is 0 Å². The number of fused-ring (bicyclic) bond motifs is 1.